The molecule has 0 radical (unpaired) electrons. The van der Waals surface area contributed by atoms with Gasteiger partial charge >= 0.3 is 5.63 Å². The lowest BCUT2D eigenvalue weighted by molar-refractivity contribution is -0.593. The van der Waals surface area contributed by atoms with Crippen LogP contribution in [0.15, 0.2) is 88.3 Å². The van der Waals surface area contributed by atoms with Gasteiger partial charge in [0.1, 0.15) is 11.4 Å². The number of hydrogen-bond acceptors (Lipinski definition) is 5. The van der Waals surface area contributed by atoms with Gasteiger partial charge in [-0.05, 0) is 41.0 Å². The van der Waals surface area contributed by atoms with Crippen LogP contribution in [0.1, 0.15) is 5.56 Å². The minimum atomic E-state index is -0.490. The molecule has 0 saturated heterocycles. The fourth-order valence-corrected chi connectivity index (χ4v) is 3.48. The van der Waals surface area contributed by atoms with Crippen molar-refractivity contribution in [3.8, 4) is 22.5 Å². The van der Waals surface area contributed by atoms with E-state index >= 15 is 0 Å². The number of halogens is 1. The Morgan fingerprint density at radius 1 is 1.06 bits per heavy atom. The van der Waals surface area contributed by atoms with Crippen LogP contribution in [-0.2, 0) is 6.54 Å². The van der Waals surface area contributed by atoms with Gasteiger partial charge in [-0.1, -0.05) is 29.5 Å². The van der Waals surface area contributed by atoms with Gasteiger partial charge in [-0.2, -0.15) is 4.73 Å². The Balaban J connectivity index is 1.49. The molecule has 0 N–H and O–H groups in total. The first kappa shape index (κ1) is 18.7. The zero-order chi connectivity index (χ0) is 21.4. The van der Waals surface area contributed by atoms with E-state index in [-0.39, 0.29) is 5.82 Å². The largest absolute Gasteiger partial charge is 0.618 e. The smallest absolute Gasteiger partial charge is 0.336 e. The van der Waals surface area contributed by atoms with Gasteiger partial charge < -0.3 is 9.62 Å². The van der Waals surface area contributed by atoms with E-state index in [0.717, 1.165) is 21.2 Å². The highest BCUT2D eigenvalue weighted by Gasteiger charge is 2.13. The molecule has 3 aromatic heterocycles. The van der Waals surface area contributed by atoms with Crippen LogP contribution < -0.4 is 10.4 Å². The van der Waals surface area contributed by atoms with Crippen LogP contribution in [0.5, 0.6) is 0 Å². The van der Waals surface area contributed by atoms with Crippen LogP contribution in [0.4, 0.5) is 4.39 Å². The van der Waals surface area contributed by atoms with E-state index < -0.39 is 5.63 Å². The molecule has 2 aromatic carbocycles. The summed E-state index contributed by atoms with van der Waals surface area (Å²) in [6.45, 7) is 0.374. The molecule has 5 aromatic rings. The van der Waals surface area contributed by atoms with Gasteiger partial charge in [-0.15, -0.1) is 5.10 Å². The SMILES string of the molecule is O=c1cc(-c2ccc(F)cc2)c2ccc(Cn3cc(-c4cccc[n+]4[O-])nn3)cc2o1. The Kier molecular flexibility index (Phi) is 4.51. The number of rotatable bonds is 4. The van der Waals surface area contributed by atoms with E-state index in [2.05, 4.69) is 10.3 Å². The minimum absolute atomic E-state index is 0.344. The molecular weight excluding hydrogens is 399 g/mol. The highest BCUT2D eigenvalue weighted by molar-refractivity contribution is 5.93. The summed E-state index contributed by atoms with van der Waals surface area (Å²) in [7, 11) is 0. The van der Waals surface area contributed by atoms with Crippen LogP contribution in [0.25, 0.3) is 33.5 Å². The average molecular weight is 414 g/mol. The Hall–Kier alpha value is -4.33. The van der Waals surface area contributed by atoms with Crippen molar-refractivity contribution in [3.63, 3.8) is 0 Å². The Morgan fingerprint density at radius 3 is 2.71 bits per heavy atom. The first-order valence-electron chi connectivity index (χ1n) is 9.48. The highest BCUT2D eigenvalue weighted by atomic mass is 19.1. The van der Waals surface area contributed by atoms with Gasteiger partial charge in [0, 0.05) is 23.6 Å². The predicted molar refractivity (Wildman–Crippen MR) is 111 cm³/mol. The number of fused-ring (bicyclic) bond motifs is 1. The third-order valence-electron chi connectivity index (χ3n) is 4.93. The maximum Gasteiger partial charge on any atom is 0.336 e. The van der Waals surface area contributed by atoms with E-state index in [1.54, 1.807) is 47.3 Å². The van der Waals surface area contributed by atoms with Gasteiger partial charge in [0.15, 0.2) is 11.9 Å². The van der Waals surface area contributed by atoms with Gasteiger partial charge in [0.25, 0.3) is 0 Å². The maximum atomic E-state index is 13.3. The van der Waals surface area contributed by atoms with E-state index in [0.29, 0.717) is 29.1 Å². The number of hydrogen-bond donors (Lipinski definition) is 0. The monoisotopic (exact) mass is 414 g/mol. The van der Waals surface area contributed by atoms with Crippen molar-refractivity contribution < 1.29 is 13.5 Å². The molecule has 0 atom stereocenters. The summed E-state index contributed by atoms with van der Waals surface area (Å²) in [5.41, 5.74) is 3.03. The van der Waals surface area contributed by atoms with Gasteiger partial charge in [0.2, 0.25) is 5.69 Å². The fraction of sp³-hybridized carbons (Fsp3) is 0.0435. The highest BCUT2D eigenvalue weighted by Crippen LogP contribution is 2.28. The quantitative estimate of drug-likeness (QED) is 0.255. The molecule has 7 nitrogen and oxygen atoms in total. The summed E-state index contributed by atoms with van der Waals surface area (Å²) in [5.74, 6) is -0.344. The fourth-order valence-electron chi connectivity index (χ4n) is 3.48. The van der Waals surface area contributed by atoms with Crippen molar-refractivity contribution in [2.45, 2.75) is 6.54 Å². The van der Waals surface area contributed by atoms with Crippen molar-refractivity contribution >= 4 is 11.0 Å². The molecule has 0 aliphatic carbocycles. The number of nitrogens with zero attached hydrogens (tertiary/aromatic N) is 4. The summed E-state index contributed by atoms with van der Waals surface area (Å²) >= 11 is 0. The van der Waals surface area contributed by atoms with Crippen LogP contribution in [0, 0.1) is 11.0 Å². The Labute approximate surface area is 175 Å². The average Bonchev–Trinajstić information content (AvgIpc) is 3.22. The number of benzene rings is 2. The molecule has 0 fully saturated rings. The lowest BCUT2D eigenvalue weighted by Crippen LogP contribution is -2.27. The first-order valence-corrected chi connectivity index (χ1v) is 9.48. The van der Waals surface area contributed by atoms with Crippen LogP contribution >= 0.6 is 0 Å². The van der Waals surface area contributed by atoms with Crippen LogP contribution in [0.3, 0.4) is 0 Å². The van der Waals surface area contributed by atoms with Crippen molar-refractivity contribution in [3.05, 3.63) is 106 Å². The molecule has 152 valence electrons. The Bertz CT molecular complexity index is 1460. The number of aromatic nitrogens is 4. The van der Waals surface area contributed by atoms with Crippen molar-refractivity contribution in [2.75, 3.05) is 0 Å². The van der Waals surface area contributed by atoms with E-state index in [4.69, 9.17) is 4.42 Å². The summed E-state index contributed by atoms with van der Waals surface area (Å²) in [5, 5.41) is 20.8. The molecule has 0 spiro atoms. The first-order chi connectivity index (χ1) is 15.1. The van der Waals surface area contributed by atoms with Gasteiger partial charge in [-0.3, -0.25) is 0 Å². The lowest BCUT2D eigenvalue weighted by Gasteiger charge is -2.08. The summed E-state index contributed by atoms with van der Waals surface area (Å²) < 4.78 is 21.0. The zero-order valence-electron chi connectivity index (χ0n) is 16.1. The van der Waals surface area contributed by atoms with Crippen LogP contribution in [-0.4, -0.2) is 15.0 Å². The third-order valence-corrected chi connectivity index (χ3v) is 4.93. The molecular formula is C23H15FN4O3. The Morgan fingerprint density at radius 2 is 1.90 bits per heavy atom. The molecule has 0 unspecified atom stereocenters. The molecule has 8 heteroatoms. The topological polar surface area (TPSA) is 87.9 Å². The molecule has 3 heterocycles. The normalized spacial score (nSPS) is 11.1. The third kappa shape index (κ3) is 3.66. The molecule has 0 amide bonds. The van der Waals surface area contributed by atoms with Crippen LogP contribution in [0.2, 0.25) is 0 Å². The van der Waals surface area contributed by atoms with Gasteiger partial charge in [0.05, 0.1) is 12.7 Å². The van der Waals surface area contributed by atoms with Crippen molar-refractivity contribution in [1.82, 2.24) is 15.0 Å². The second-order valence-corrected chi connectivity index (χ2v) is 7.03. The summed E-state index contributed by atoms with van der Waals surface area (Å²) in [4.78, 5) is 12.1. The molecule has 5 rings (SSSR count). The van der Waals surface area contributed by atoms with Gasteiger partial charge in [-0.25, -0.2) is 13.9 Å². The second kappa shape index (κ2) is 7.49. The standard InChI is InChI=1S/C23H15FN4O3/c24-17-7-5-16(6-8-17)19-12-23(29)31-22-11-15(4-9-18(19)22)13-27-14-20(25-26-27)21-3-1-2-10-28(21)30/h1-12,14H,13H2. The molecule has 0 saturated carbocycles. The van der Waals surface area contributed by atoms with Crippen molar-refractivity contribution in [2.24, 2.45) is 0 Å². The molecule has 0 bridgehead atoms. The molecule has 31 heavy (non-hydrogen) atoms. The number of pyridine rings is 1. The minimum Gasteiger partial charge on any atom is -0.618 e. The zero-order valence-corrected chi connectivity index (χ0v) is 16.1. The molecule has 0 aliphatic heterocycles. The second-order valence-electron chi connectivity index (χ2n) is 7.03. The predicted octanol–water partition coefficient (Wildman–Crippen LogP) is 3.54. The van der Waals surface area contributed by atoms with E-state index in [1.807, 2.05) is 12.1 Å². The maximum absolute atomic E-state index is 13.3. The van der Waals surface area contributed by atoms with Crippen molar-refractivity contribution in [1.29, 1.82) is 0 Å². The summed E-state index contributed by atoms with van der Waals surface area (Å²) in [6, 6.07) is 17.9. The lowest BCUT2D eigenvalue weighted by atomic mass is 10.0. The molecule has 0 aliphatic rings. The summed E-state index contributed by atoms with van der Waals surface area (Å²) in [6.07, 6.45) is 3.08. The van der Waals surface area contributed by atoms with E-state index in [1.165, 1.54) is 24.4 Å². The van der Waals surface area contributed by atoms with E-state index in [9.17, 15) is 14.4 Å².